The van der Waals surface area contributed by atoms with Crippen LogP contribution in [0, 0.1) is 0 Å². The summed E-state index contributed by atoms with van der Waals surface area (Å²) in [6.45, 7) is 8.21. The van der Waals surface area contributed by atoms with Gasteiger partial charge in [0.15, 0.2) is 23.0 Å². The van der Waals surface area contributed by atoms with Crippen LogP contribution in [0.3, 0.4) is 0 Å². The van der Waals surface area contributed by atoms with Gasteiger partial charge in [-0.15, -0.1) is 0 Å². The molecular formula is C27H28N2O7S. The van der Waals surface area contributed by atoms with Gasteiger partial charge in [0.05, 0.1) is 19.4 Å². The molecule has 0 saturated heterocycles. The molecule has 0 spiro atoms. The third-order valence-electron chi connectivity index (χ3n) is 4.74. The molecule has 0 heterocycles. The van der Waals surface area contributed by atoms with Crippen LogP contribution in [0.2, 0.25) is 0 Å². The number of carbonyl (C=O) groups is 1. The quantitative estimate of drug-likeness (QED) is 0.151. The Morgan fingerprint density at radius 3 is 2.24 bits per heavy atom. The normalized spacial score (nSPS) is 11.1. The molecule has 3 rings (SSSR count). The van der Waals surface area contributed by atoms with E-state index in [1.165, 1.54) is 24.4 Å². The van der Waals surface area contributed by atoms with Gasteiger partial charge in [0.2, 0.25) is 0 Å². The van der Waals surface area contributed by atoms with Crippen molar-refractivity contribution >= 4 is 22.2 Å². The summed E-state index contributed by atoms with van der Waals surface area (Å²) in [5.41, 5.74) is 3.34. The molecule has 0 aliphatic carbocycles. The molecule has 0 radical (unpaired) electrons. The zero-order valence-corrected chi connectivity index (χ0v) is 21.4. The van der Waals surface area contributed by atoms with Crippen LogP contribution >= 0.6 is 0 Å². The third-order valence-corrected chi connectivity index (χ3v) is 5.99. The van der Waals surface area contributed by atoms with E-state index in [4.69, 9.17) is 18.4 Å². The van der Waals surface area contributed by atoms with Gasteiger partial charge in [0.25, 0.3) is 5.91 Å². The molecule has 3 aromatic rings. The van der Waals surface area contributed by atoms with Crippen LogP contribution in [0.1, 0.15) is 29.8 Å². The van der Waals surface area contributed by atoms with Gasteiger partial charge in [-0.25, -0.2) is 5.43 Å². The average Bonchev–Trinajstić information content (AvgIpc) is 2.90. The molecule has 1 N–H and O–H groups in total. The van der Waals surface area contributed by atoms with Crippen molar-refractivity contribution in [2.45, 2.75) is 18.7 Å². The number of benzene rings is 3. The molecule has 0 fully saturated rings. The highest BCUT2D eigenvalue weighted by Gasteiger charge is 2.19. The predicted octanol–water partition coefficient (Wildman–Crippen LogP) is 4.58. The smallest absolute Gasteiger partial charge is 0.339 e. The van der Waals surface area contributed by atoms with E-state index in [0.29, 0.717) is 35.8 Å². The van der Waals surface area contributed by atoms with Crippen molar-refractivity contribution < 1.29 is 31.6 Å². The van der Waals surface area contributed by atoms with Crippen molar-refractivity contribution in [3.05, 3.63) is 90.5 Å². The third kappa shape index (κ3) is 7.58. The predicted molar refractivity (Wildman–Crippen MR) is 140 cm³/mol. The number of hydrazone groups is 1. The molecule has 3 aromatic carbocycles. The SMILES string of the molecule is C=CCOc1ccc(C(=O)N/N=C/c2ccc(OS(=O)(=O)c3ccccc3)c(OCC)c2)cc1OCC. The van der Waals surface area contributed by atoms with E-state index in [-0.39, 0.29) is 23.0 Å². The summed E-state index contributed by atoms with van der Waals surface area (Å²) in [5, 5.41) is 3.99. The Morgan fingerprint density at radius 2 is 1.57 bits per heavy atom. The van der Waals surface area contributed by atoms with Crippen LogP contribution in [-0.4, -0.2) is 40.4 Å². The number of amides is 1. The van der Waals surface area contributed by atoms with Crippen molar-refractivity contribution in [3.8, 4) is 23.0 Å². The number of carbonyl (C=O) groups excluding carboxylic acids is 1. The number of hydrogen-bond donors (Lipinski definition) is 1. The van der Waals surface area contributed by atoms with E-state index in [9.17, 15) is 13.2 Å². The minimum absolute atomic E-state index is 0.0265. The zero-order chi connectivity index (χ0) is 26.7. The molecule has 37 heavy (non-hydrogen) atoms. The zero-order valence-electron chi connectivity index (χ0n) is 20.5. The highest BCUT2D eigenvalue weighted by Crippen LogP contribution is 2.31. The number of hydrogen-bond acceptors (Lipinski definition) is 8. The van der Waals surface area contributed by atoms with E-state index in [0.717, 1.165) is 0 Å². The van der Waals surface area contributed by atoms with Crippen molar-refractivity contribution in [2.75, 3.05) is 19.8 Å². The number of rotatable bonds is 13. The Labute approximate surface area is 216 Å². The minimum Gasteiger partial charge on any atom is -0.490 e. The molecule has 0 aliphatic heterocycles. The van der Waals surface area contributed by atoms with E-state index in [1.807, 2.05) is 6.92 Å². The molecule has 9 nitrogen and oxygen atoms in total. The molecule has 0 atom stereocenters. The molecule has 1 amide bonds. The Morgan fingerprint density at radius 1 is 0.892 bits per heavy atom. The van der Waals surface area contributed by atoms with E-state index >= 15 is 0 Å². The molecule has 10 heteroatoms. The highest BCUT2D eigenvalue weighted by molar-refractivity contribution is 7.87. The van der Waals surface area contributed by atoms with E-state index < -0.39 is 16.0 Å². The molecule has 0 bridgehead atoms. The van der Waals surface area contributed by atoms with Gasteiger partial charge in [-0.1, -0.05) is 30.9 Å². The molecule has 194 valence electrons. The minimum atomic E-state index is -4.04. The van der Waals surface area contributed by atoms with Crippen LogP contribution < -0.4 is 23.8 Å². The summed E-state index contributed by atoms with van der Waals surface area (Å²) in [5.74, 6) is 0.736. The number of ether oxygens (including phenoxy) is 3. The first-order valence-electron chi connectivity index (χ1n) is 11.5. The van der Waals surface area contributed by atoms with Crippen LogP contribution in [0.4, 0.5) is 0 Å². The second-order valence-electron chi connectivity index (χ2n) is 7.38. The Hall–Kier alpha value is -4.31. The largest absolute Gasteiger partial charge is 0.490 e. The fourth-order valence-corrected chi connectivity index (χ4v) is 4.07. The fraction of sp³-hybridized carbons (Fsp3) is 0.185. The molecular weight excluding hydrogens is 496 g/mol. The van der Waals surface area contributed by atoms with Gasteiger partial charge in [-0.3, -0.25) is 4.79 Å². The Kier molecular flexibility index (Phi) is 9.68. The maximum Gasteiger partial charge on any atom is 0.339 e. The van der Waals surface area contributed by atoms with Crippen molar-refractivity contribution in [1.82, 2.24) is 5.43 Å². The fourth-order valence-electron chi connectivity index (χ4n) is 3.11. The molecule has 0 unspecified atom stereocenters. The Balaban J connectivity index is 1.72. The van der Waals surface area contributed by atoms with E-state index in [1.54, 1.807) is 61.5 Å². The standard InChI is InChI=1S/C27H28N2O7S/c1-4-16-35-23-15-13-21(18-26(23)34-6-3)27(30)29-28-19-20-12-14-24(25(17-20)33-5-2)36-37(31,32)22-10-8-7-9-11-22/h4,7-15,17-19H,1,5-6,16H2,2-3H3,(H,29,30)/b28-19+. The number of nitrogens with one attached hydrogen (secondary N) is 1. The molecule has 0 saturated carbocycles. The van der Waals surface area contributed by atoms with Crippen LogP contribution in [0.25, 0.3) is 0 Å². The lowest BCUT2D eigenvalue weighted by molar-refractivity contribution is 0.0954. The van der Waals surface area contributed by atoms with Crippen LogP contribution in [-0.2, 0) is 10.1 Å². The van der Waals surface area contributed by atoms with Crippen LogP contribution in [0.5, 0.6) is 23.0 Å². The lowest BCUT2D eigenvalue weighted by atomic mass is 10.2. The van der Waals surface area contributed by atoms with E-state index in [2.05, 4.69) is 17.1 Å². The monoisotopic (exact) mass is 524 g/mol. The maximum atomic E-state index is 12.6. The van der Waals surface area contributed by atoms with Crippen molar-refractivity contribution in [1.29, 1.82) is 0 Å². The summed E-state index contributed by atoms with van der Waals surface area (Å²) in [7, 11) is -4.04. The van der Waals surface area contributed by atoms with Crippen LogP contribution in [0.15, 0.2) is 89.4 Å². The van der Waals surface area contributed by atoms with Gasteiger partial charge in [-0.2, -0.15) is 13.5 Å². The van der Waals surface area contributed by atoms with Gasteiger partial charge >= 0.3 is 10.1 Å². The summed E-state index contributed by atoms with van der Waals surface area (Å²) in [6.07, 6.45) is 3.02. The summed E-state index contributed by atoms with van der Waals surface area (Å²) in [4.78, 5) is 12.6. The molecule has 0 aromatic heterocycles. The lowest BCUT2D eigenvalue weighted by Crippen LogP contribution is -2.17. The second kappa shape index (κ2) is 13.1. The first kappa shape index (κ1) is 27.3. The summed E-state index contributed by atoms with van der Waals surface area (Å²) >= 11 is 0. The summed E-state index contributed by atoms with van der Waals surface area (Å²) in [6, 6.07) is 17.2. The topological polar surface area (TPSA) is 113 Å². The van der Waals surface area contributed by atoms with Crippen molar-refractivity contribution in [2.24, 2.45) is 5.10 Å². The lowest BCUT2D eigenvalue weighted by Gasteiger charge is -2.12. The van der Waals surface area contributed by atoms with Gasteiger partial charge in [0, 0.05) is 5.56 Å². The van der Waals surface area contributed by atoms with Gasteiger partial charge in [-0.05, 0) is 67.9 Å². The first-order chi connectivity index (χ1) is 17.9. The average molecular weight is 525 g/mol. The molecule has 0 aliphatic rings. The van der Waals surface area contributed by atoms with Crippen molar-refractivity contribution in [3.63, 3.8) is 0 Å². The Bertz CT molecular complexity index is 1360. The van der Waals surface area contributed by atoms with Gasteiger partial charge < -0.3 is 18.4 Å². The maximum absolute atomic E-state index is 12.6. The van der Waals surface area contributed by atoms with Gasteiger partial charge in [0.1, 0.15) is 11.5 Å². The number of nitrogens with zero attached hydrogens (tertiary/aromatic N) is 1. The second-order valence-corrected chi connectivity index (χ2v) is 8.93. The summed E-state index contributed by atoms with van der Waals surface area (Å²) < 4.78 is 47.1. The highest BCUT2D eigenvalue weighted by atomic mass is 32.2. The first-order valence-corrected chi connectivity index (χ1v) is 12.9.